The molecule has 2 aromatic carbocycles. The molecule has 1 aromatic heterocycles. The van der Waals surface area contributed by atoms with Crippen molar-refractivity contribution >= 4 is 11.6 Å². The van der Waals surface area contributed by atoms with Gasteiger partial charge in [-0.15, -0.1) is 0 Å². The topological polar surface area (TPSA) is 86.1 Å². The molecule has 3 aromatic rings. The van der Waals surface area contributed by atoms with E-state index in [0.717, 1.165) is 4.68 Å². The van der Waals surface area contributed by atoms with E-state index in [1.165, 1.54) is 31.3 Å². The second-order valence-electron chi connectivity index (χ2n) is 5.77. The van der Waals surface area contributed by atoms with Gasteiger partial charge in [-0.3, -0.25) is 4.79 Å². The summed E-state index contributed by atoms with van der Waals surface area (Å²) >= 11 is 0. The molecule has 0 saturated carbocycles. The van der Waals surface area contributed by atoms with Gasteiger partial charge in [0.15, 0.2) is 0 Å². The van der Waals surface area contributed by atoms with Crippen LogP contribution in [0.5, 0.6) is 5.75 Å². The molecule has 7 nitrogen and oxygen atoms in total. The third kappa shape index (κ3) is 4.17. The van der Waals surface area contributed by atoms with Gasteiger partial charge in [0, 0.05) is 11.3 Å². The summed E-state index contributed by atoms with van der Waals surface area (Å²) in [6.45, 7) is 1.51. The zero-order valence-corrected chi connectivity index (χ0v) is 14.7. The summed E-state index contributed by atoms with van der Waals surface area (Å²) < 4.78 is 19.3. The molecule has 0 aliphatic rings. The number of halogens is 1. The lowest BCUT2D eigenvalue weighted by Gasteiger charge is -2.14. The molecule has 27 heavy (non-hydrogen) atoms. The van der Waals surface area contributed by atoms with Crippen LogP contribution in [-0.4, -0.2) is 27.8 Å². The van der Waals surface area contributed by atoms with E-state index in [4.69, 9.17) is 4.74 Å². The highest BCUT2D eigenvalue weighted by molar-refractivity contribution is 5.93. The normalized spacial score (nSPS) is 11.7. The number of nitrogens with zero attached hydrogens (tertiary/aromatic N) is 3. The van der Waals surface area contributed by atoms with Gasteiger partial charge in [0.2, 0.25) is 5.91 Å². The summed E-state index contributed by atoms with van der Waals surface area (Å²) in [5.74, 6) is -0.293. The van der Waals surface area contributed by atoms with Crippen molar-refractivity contribution in [3.63, 3.8) is 0 Å². The monoisotopic (exact) mass is 368 g/mol. The van der Waals surface area contributed by atoms with E-state index in [0.29, 0.717) is 22.7 Å². The highest BCUT2D eigenvalue weighted by atomic mass is 19.1. The van der Waals surface area contributed by atoms with E-state index >= 15 is 0 Å². The first-order chi connectivity index (χ1) is 13.0. The zero-order valence-electron chi connectivity index (χ0n) is 14.7. The molecule has 0 unspecified atom stereocenters. The van der Waals surface area contributed by atoms with Crippen molar-refractivity contribution in [3.8, 4) is 17.0 Å². The largest absolute Gasteiger partial charge is 0.497 e. The Kier molecular flexibility index (Phi) is 5.25. The van der Waals surface area contributed by atoms with Gasteiger partial charge >= 0.3 is 5.69 Å². The number of amides is 1. The molecule has 1 amide bonds. The van der Waals surface area contributed by atoms with Crippen molar-refractivity contribution in [2.24, 2.45) is 0 Å². The van der Waals surface area contributed by atoms with E-state index in [1.54, 1.807) is 37.4 Å². The predicted octanol–water partition coefficient (Wildman–Crippen LogP) is 2.65. The summed E-state index contributed by atoms with van der Waals surface area (Å²) in [6, 6.07) is 11.6. The van der Waals surface area contributed by atoms with Gasteiger partial charge < -0.3 is 10.1 Å². The third-order valence-corrected chi connectivity index (χ3v) is 3.94. The van der Waals surface area contributed by atoms with E-state index < -0.39 is 23.5 Å². The molecular weight excluding hydrogens is 351 g/mol. The minimum absolute atomic E-state index is 0.294. The van der Waals surface area contributed by atoms with E-state index in [2.05, 4.69) is 15.4 Å². The lowest BCUT2D eigenvalue weighted by atomic mass is 10.1. The number of carbonyl (C=O) groups is 1. The first kappa shape index (κ1) is 18.2. The van der Waals surface area contributed by atoms with Gasteiger partial charge in [0.25, 0.3) is 0 Å². The van der Waals surface area contributed by atoms with E-state index in [-0.39, 0.29) is 0 Å². The summed E-state index contributed by atoms with van der Waals surface area (Å²) in [5.41, 5.74) is 0.717. The lowest BCUT2D eigenvalue weighted by molar-refractivity contribution is -0.119. The number of ether oxygens (including phenoxy) is 1. The maximum absolute atomic E-state index is 13.2. The van der Waals surface area contributed by atoms with Crippen LogP contribution in [0.15, 0.2) is 59.5 Å². The fourth-order valence-electron chi connectivity index (χ4n) is 2.44. The quantitative estimate of drug-likeness (QED) is 0.748. The van der Waals surface area contributed by atoms with Crippen LogP contribution in [0.4, 0.5) is 10.1 Å². The average molecular weight is 368 g/mol. The average Bonchev–Trinajstić information content (AvgIpc) is 2.67. The van der Waals surface area contributed by atoms with Gasteiger partial charge in [-0.1, -0.05) is 6.07 Å². The number of rotatable bonds is 5. The number of hydrogen-bond acceptors (Lipinski definition) is 5. The van der Waals surface area contributed by atoms with Gasteiger partial charge in [-0.05, 0) is 49.4 Å². The van der Waals surface area contributed by atoms with Crippen molar-refractivity contribution in [2.45, 2.75) is 13.0 Å². The molecule has 0 bridgehead atoms. The number of nitrogens with one attached hydrogen (secondary N) is 1. The Labute approximate surface area is 154 Å². The Morgan fingerprint density at radius 2 is 1.96 bits per heavy atom. The van der Waals surface area contributed by atoms with Crippen LogP contribution in [0, 0.1) is 5.82 Å². The number of carbonyl (C=O) groups excluding carboxylic acids is 1. The van der Waals surface area contributed by atoms with Crippen LogP contribution in [0.2, 0.25) is 0 Å². The Hall–Kier alpha value is -3.55. The summed E-state index contributed by atoms with van der Waals surface area (Å²) in [5, 5.41) is 6.60. The summed E-state index contributed by atoms with van der Waals surface area (Å²) in [6.07, 6.45) is 1.41. The maximum atomic E-state index is 13.2. The molecule has 0 fully saturated rings. The van der Waals surface area contributed by atoms with Crippen LogP contribution in [0.25, 0.3) is 11.3 Å². The van der Waals surface area contributed by atoms with Crippen molar-refractivity contribution in [1.82, 2.24) is 14.8 Å². The standard InChI is InChI=1S/C19H17FN4O3/c1-12(18(25)22-15-5-3-4-14(20)10-15)24-19(26)23-17(11-21-24)13-6-8-16(27-2)9-7-13/h3-12H,1-2H3,(H,22,25)/t12-/m1/s1. The molecule has 0 aliphatic heterocycles. The van der Waals surface area contributed by atoms with Crippen LogP contribution in [-0.2, 0) is 4.79 Å². The second kappa shape index (κ2) is 7.77. The molecule has 1 atom stereocenters. The van der Waals surface area contributed by atoms with Gasteiger partial charge in [-0.25, -0.2) is 13.9 Å². The van der Waals surface area contributed by atoms with Crippen LogP contribution < -0.4 is 15.7 Å². The predicted molar refractivity (Wildman–Crippen MR) is 98.0 cm³/mol. The number of benzene rings is 2. The highest BCUT2D eigenvalue weighted by Crippen LogP contribution is 2.19. The molecule has 0 radical (unpaired) electrons. The first-order valence-electron chi connectivity index (χ1n) is 8.14. The van der Waals surface area contributed by atoms with Crippen molar-refractivity contribution in [2.75, 3.05) is 12.4 Å². The molecule has 0 spiro atoms. The Morgan fingerprint density at radius 3 is 2.59 bits per heavy atom. The van der Waals surface area contributed by atoms with Crippen molar-refractivity contribution < 1.29 is 13.9 Å². The van der Waals surface area contributed by atoms with E-state index in [1.807, 2.05) is 0 Å². The SMILES string of the molecule is COc1ccc(-c2cnn([C@H](C)C(=O)Nc3cccc(F)c3)c(=O)n2)cc1. The minimum atomic E-state index is -0.918. The molecule has 138 valence electrons. The summed E-state index contributed by atoms with van der Waals surface area (Å²) in [4.78, 5) is 28.6. The van der Waals surface area contributed by atoms with Crippen LogP contribution >= 0.6 is 0 Å². The first-order valence-corrected chi connectivity index (χ1v) is 8.14. The molecular formula is C19H17FN4O3. The molecule has 1 heterocycles. The second-order valence-corrected chi connectivity index (χ2v) is 5.77. The number of methoxy groups -OCH3 is 1. The number of aromatic nitrogens is 3. The Bertz CT molecular complexity index is 1020. The number of hydrogen-bond donors (Lipinski definition) is 1. The molecule has 1 N–H and O–H groups in total. The van der Waals surface area contributed by atoms with Gasteiger partial charge in [-0.2, -0.15) is 10.1 Å². The fourth-order valence-corrected chi connectivity index (χ4v) is 2.44. The maximum Gasteiger partial charge on any atom is 0.365 e. The smallest absolute Gasteiger partial charge is 0.365 e. The molecule has 0 aliphatic carbocycles. The van der Waals surface area contributed by atoms with Crippen molar-refractivity contribution in [3.05, 3.63) is 71.0 Å². The molecule has 8 heteroatoms. The lowest BCUT2D eigenvalue weighted by Crippen LogP contribution is -2.34. The molecule has 0 saturated heterocycles. The summed E-state index contributed by atoms with van der Waals surface area (Å²) in [7, 11) is 1.56. The van der Waals surface area contributed by atoms with E-state index in [9.17, 15) is 14.0 Å². The third-order valence-electron chi connectivity index (χ3n) is 3.94. The number of anilines is 1. The van der Waals surface area contributed by atoms with Crippen molar-refractivity contribution in [1.29, 1.82) is 0 Å². The zero-order chi connectivity index (χ0) is 19.4. The fraction of sp³-hybridized carbons (Fsp3) is 0.158. The Morgan fingerprint density at radius 1 is 1.22 bits per heavy atom. The van der Waals surface area contributed by atoms with Gasteiger partial charge in [0.05, 0.1) is 19.0 Å². The highest BCUT2D eigenvalue weighted by Gasteiger charge is 2.19. The molecule has 3 rings (SSSR count). The Balaban J connectivity index is 1.79. The minimum Gasteiger partial charge on any atom is -0.497 e. The van der Waals surface area contributed by atoms with Crippen LogP contribution in [0.1, 0.15) is 13.0 Å². The van der Waals surface area contributed by atoms with Gasteiger partial charge in [0.1, 0.15) is 17.6 Å². The van der Waals surface area contributed by atoms with Crippen LogP contribution in [0.3, 0.4) is 0 Å².